The number of sulfone groups is 1. The molecule has 0 aromatic heterocycles. The van der Waals surface area contributed by atoms with Crippen molar-refractivity contribution in [1.82, 2.24) is 0 Å². The second kappa shape index (κ2) is 4.72. The smallest absolute Gasteiger partial charge is 0.476 e. The van der Waals surface area contributed by atoms with Gasteiger partial charge in [0.15, 0.2) is 15.4 Å². The molecule has 1 aromatic carbocycles. The molecule has 0 atom stereocenters. The lowest BCUT2D eigenvalue weighted by molar-refractivity contribution is -0.132. The molecule has 1 aliphatic rings. The Kier molecular flexibility index (Phi) is 3.55. The van der Waals surface area contributed by atoms with Crippen LogP contribution in [-0.4, -0.2) is 50.4 Å². The van der Waals surface area contributed by atoms with Gasteiger partial charge in [0, 0.05) is 18.8 Å². The van der Waals surface area contributed by atoms with E-state index in [4.69, 9.17) is 4.74 Å². The summed E-state index contributed by atoms with van der Waals surface area (Å²) in [4.78, 5) is 13.3. The van der Waals surface area contributed by atoms with Gasteiger partial charge < -0.3 is 19.7 Å². The van der Waals surface area contributed by atoms with Crippen molar-refractivity contribution >= 4 is 34.0 Å². The van der Waals surface area contributed by atoms with Gasteiger partial charge in [0.1, 0.15) is 5.75 Å². The van der Waals surface area contributed by atoms with Gasteiger partial charge in [-0.1, -0.05) is 0 Å². The number of hydrogen-bond donors (Lipinski definition) is 2. The molecule has 0 aliphatic carbocycles. The van der Waals surface area contributed by atoms with Crippen molar-refractivity contribution in [2.24, 2.45) is 0 Å². The van der Waals surface area contributed by atoms with Crippen LogP contribution in [0.25, 0.3) is 0 Å². The first-order valence-electron chi connectivity index (χ1n) is 6.16. The number of benzene rings is 1. The highest BCUT2D eigenvalue weighted by Crippen LogP contribution is 2.37. The molecule has 0 bridgehead atoms. The van der Waals surface area contributed by atoms with Crippen LogP contribution in [0.3, 0.4) is 0 Å². The third kappa shape index (κ3) is 2.64. The predicted molar refractivity (Wildman–Crippen MR) is 77.5 cm³/mol. The van der Waals surface area contributed by atoms with Crippen LogP contribution in [0.5, 0.6) is 5.75 Å². The molecule has 114 valence electrons. The Morgan fingerprint density at radius 2 is 1.86 bits per heavy atom. The zero-order chi connectivity index (χ0) is 16.2. The molecule has 1 aliphatic heterocycles. The minimum absolute atomic E-state index is 0.0875. The number of carbonyl (C=O) groups is 1. The topological polar surface area (TPSA) is 104 Å². The molecule has 0 saturated heterocycles. The van der Waals surface area contributed by atoms with Gasteiger partial charge >= 0.3 is 7.12 Å². The maximum absolute atomic E-state index is 12.2. The normalized spacial score (nSPS) is 17.2. The van der Waals surface area contributed by atoms with Crippen LogP contribution in [0.4, 0.5) is 5.69 Å². The Hall–Kier alpha value is -1.58. The summed E-state index contributed by atoms with van der Waals surface area (Å²) in [7, 11) is -4.02. The molecular weight excluding hydrogens is 297 g/mol. The average molecular weight is 313 g/mol. The molecule has 0 unspecified atom stereocenters. The van der Waals surface area contributed by atoms with Crippen molar-refractivity contribution in [3.05, 3.63) is 12.1 Å². The van der Waals surface area contributed by atoms with Crippen LogP contribution < -0.4 is 15.1 Å². The summed E-state index contributed by atoms with van der Waals surface area (Å²) in [6.45, 7) is 3.10. The average Bonchev–Trinajstić information content (AvgIpc) is 2.33. The lowest BCUT2D eigenvalue weighted by Crippen LogP contribution is -2.53. The number of likely N-dealkylation sites (N-methyl/N-ethyl adjacent to an activating group) is 1. The third-order valence-electron chi connectivity index (χ3n) is 3.32. The zero-order valence-electron chi connectivity index (χ0n) is 12.1. The second-order valence-corrected chi connectivity index (χ2v) is 7.50. The Morgan fingerprint density at radius 3 is 2.33 bits per heavy atom. The van der Waals surface area contributed by atoms with E-state index in [9.17, 15) is 23.3 Å². The van der Waals surface area contributed by atoms with Gasteiger partial charge in [-0.05, 0) is 26.0 Å². The molecular formula is C12H16BNO6S. The fourth-order valence-corrected chi connectivity index (χ4v) is 2.85. The van der Waals surface area contributed by atoms with Gasteiger partial charge in [-0.2, -0.15) is 0 Å². The predicted octanol–water partition coefficient (Wildman–Crippen LogP) is -1.10. The number of fused-ring (bicyclic) bond motifs is 1. The fraction of sp³-hybridized carbons (Fsp3) is 0.417. The first-order chi connectivity index (χ1) is 9.45. The quantitative estimate of drug-likeness (QED) is 0.672. The van der Waals surface area contributed by atoms with E-state index in [0.29, 0.717) is 0 Å². The summed E-state index contributed by atoms with van der Waals surface area (Å²) in [5.41, 5.74) is -1.09. The summed E-state index contributed by atoms with van der Waals surface area (Å²) in [6, 6.07) is 2.42. The first-order valence-corrected chi connectivity index (χ1v) is 8.05. The molecule has 0 radical (unpaired) electrons. The summed E-state index contributed by atoms with van der Waals surface area (Å²) in [6.07, 6.45) is 0.998. The number of rotatable bonds is 2. The Bertz CT molecular complexity index is 713. The minimum Gasteiger partial charge on any atom is -0.476 e. The van der Waals surface area contributed by atoms with Crippen LogP contribution in [0.1, 0.15) is 13.8 Å². The lowest BCUT2D eigenvalue weighted by Gasteiger charge is -2.38. The molecule has 1 aromatic rings. The van der Waals surface area contributed by atoms with Gasteiger partial charge in [0.25, 0.3) is 5.91 Å². The highest BCUT2D eigenvalue weighted by Gasteiger charge is 2.42. The number of anilines is 1. The van der Waals surface area contributed by atoms with E-state index in [1.165, 1.54) is 18.0 Å². The molecule has 9 heteroatoms. The number of carbonyl (C=O) groups excluding carboxylic acids is 1. The van der Waals surface area contributed by atoms with Crippen LogP contribution >= 0.6 is 0 Å². The molecule has 0 saturated carbocycles. The van der Waals surface area contributed by atoms with E-state index in [2.05, 4.69) is 0 Å². The first kappa shape index (κ1) is 15.8. The number of nitrogens with zero attached hydrogens (tertiary/aromatic N) is 1. The molecule has 1 heterocycles. The molecule has 1 amide bonds. The largest absolute Gasteiger partial charge is 0.492 e. The summed E-state index contributed by atoms with van der Waals surface area (Å²) in [5.74, 6) is -0.275. The van der Waals surface area contributed by atoms with E-state index < -0.39 is 22.6 Å². The van der Waals surface area contributed by atoms with Crippen molar-refractivity contribution in [3.8, 4) is 5.75 Å². The van der Waals surface area contributed by atoms with E-state index in [1.54, 1.807) is 13.8 Å². The number of amides is 1. The van der Waals surface area contributed by atoms with Crippen molar-refractivity contribution in [2.75, 3.05) is 18.2 Å². The van der Waals surface area contributed by atoms with Crippen molar-refractivity contribution in [3.63, 3.8) is 0 Å². The molecule has 2 N–H and O–H groups in total. The Morgan fingerprint density at radius 1 is 1.29 bits per heavy atom. The molecule has 0 fully saturated rings. The van der Waals surface area contributed by atoms with Crippen LogP contribution in [0, 0.1) is 0 Å². The monoisotopic (exact) mass is 313 g/mol. The van der Waals surface area contributed by atoms with Crippen molar-refractivity contribution in [1.29, 1.82) is 0 Å². The van der Waals surface area contributed by atoms with Gasteiger partial charge in [0.2, 0.25) is 0 Å². The van der Waals surface area contributed by atoms with Gasteiger partial charge in [-0.15, -0.1) is 0 Å². The van der Waals surface area contributed by atoms with Gasteiger partial charge in [-0.3, -0.25) is 4.79 Å². The zero-order valence-corrected chi connectivity index (χ0v) is 12.9. The highest BCUT2D eigenvalue weighted by molar-refractivity contribution is 7.90. The summed E-state index contributed by atoms with van der Waals surface area (Å²) in [5, 5.41) is 18.9. The molecule has 0 spiro atoms. The number of ether oxygens (including phenoxy) is 1. The lowest BCUT2D eigenvalue weighted by atomic mass is 9.78. The van der Waals surface area contributed by atoms with E-state index in [1.807, 2.05) is 0 Å². The summed E-state index contributed by atoms with van der Waals surface area (Å²) < 4.78 is 29.0. The second-order valence-electron chi connectivity index (χ2n) is 5.48. The van der Waals surface area contributed by atoms with E-state index in [0.717, 1.165) is 12.3 Å². The van der Waals surface area contributed by atoms with Crippen LogP contribution in [0.15, 0.2) is 17.0 Å². The van der Waals surface area contributed by atoms with Crippen LogP contribution in [0.2, 0.25) is 0 Å². The fourth-order valence-electron chi connectivity index (χ4n) is 2.19. The SMILES string of the molecule is CN1C(=O)C(C)(C)Oc2c(B(O)O)cc(S(C)(=O)=O)cc21. The minimum atomic E-state index is -3.58. The van der Waals surface area contributed by atoms with E-state index in [-0.39, 0.29) is 27.7 Å². The standard InChI is InChI=1S/C12H16BNO6S/c1-12(2)11(15)14(3)9-6-7(21(4,18)19)5-8(13(16)17)10(9)20-12/h5-6,16-17H,1-4H3. The summed E-state index contributed by atoms with van der Waals surface area (Å²) >= 11 is 0. The molecule has 2 rings (SSSR count). The molecule has 21 heavy (non-hydrogen) atoms. The van der Waals surface area contributed by atoms with Crippen molar-refractivity contribution < 1.29 is 28.0 Å². The van der Waals surface area contributed by atoms with E-state index >= 15 is 0 Å². The number of hydrogen-bond acceptors (Lipinski definition) is 6. The maximum Gasteiger partial charge on any atom is 0.492 e. The highest BCUT2D eigenvalue weighted by atomic mass is 32.2. The Balaban J connectivity index is 2.78. The maximum atomic E-state index is 12.2. The molecule has 7 nitrogen and oxygen atoms in total. The Labute approximate surface area is 123 Å². The third-order valence-corrected chi connectivity index (χ3v) is 4.41. The van der Waals surface area contributed by atoms with Crippen LogP contribution in [-0.2, 0) is 14.6 Å². The van der Waals surface area contributed by atoms with Gasteiger partial charge in [0.05, 0.1) is 10.6 Å². The van der Waals surface area contributed by atoms with Gasteiger partial charge in [-0.25, -0.2) is 8.42 Å². The van der Waals surface area contributed by atoms with Crippen molar-refractivity contribution in [2.45, 2.75) is 24.3 Å².